The van der Waals surface area contributed by atoms with Gasteiger partial charge in [-0.3, -0.25) is 4.79 Å². The van der Waals surface area contributed by atoms with Crippen molar-refractivity contribution in [2.45, 2.75) is 51.2 Å². The van der Waals surface area contributed by atoms with Crippen molar-refractivity contribution in [1.29, 1.82) is 0 Å². The molecule has 0 saturated carbocycles. The van der Waals surface area contributed by atoms with Crippen LogP contribution in [0.4, 0.5) is 4.79 Å². The number of amides is 1. The summed E-state index contributed by atoms with van der Waals surface area (Å²) in [6.45, 7) is 6.36. The highest BCUT2D eigenvalue weighted by Crippen LogP contribution is 2.29. The molecule has 1 aliphatic rings. The first kappa shape index (κ1) is 15.8. The Hall–Kier alpha value is -1.30. The molecule has 1 aliphatic heterocycles. The van der Waals surface area contributed by atoms with E-state index in [1.54, 1.807) is 4.90 Å². The summed E-state index contributed by atoms with van der Waals surface area (Å²) in [7, 11) is 1.52. The number of carbonyl (C=O) groups excluding carboxylic acids is 1. The number of likely N-dealkylation sites (tertiary alicyclic amines) is 1. The molecule has 0 radical (unpaired) electrons. The molecule has 1 saturated heterocycles. The molecule has 0 bridgehead atoms. The highest BCUT2D eigenvalue weighted by molar-refractivity contribution is 5.69. The normalized spacial score (nSPS) is 19.1. The summed E-state index contributed by atoms with van der Waals surface area (Å²) >= 11 is 0. The first-order valence-electron chi connectivity index (χ1n) is 6.42. The van der Waals surface area contributed by atoms with Crippen molar-refractivity contribution in [3.8, 4) is 0 Å². The molecule has 0 spiro atoms. The van der Waals surface area contributed by atoms with Crippen LogP contribution in [0.1, 0.15) is 40.0 Å². The molecule has 0 aromatic rings. The molecule has 1 rings (SSSR count). The van der Waals surface area contributed by atoms with Gasteiger partial charge in [-0.05, 0) is 33.6 Å². The Morgan fingerprint density at radius 3 is 2.16 bits per heavy atom. The molecule has 1 fully saturated rings. The van der Waals surface area contributed by atoms with Gasteiger partial charge in [-0.2, -0.15) is 0 Å². The van der Waals surface area contributed by atoms with Crippen molar-refractivity contribution >= 4 is 12.1 Å². The van der Waals surface area contributed by atoms with E-state index in [0.29, 0.717) is 25.9 Å². The molecule has 6 heteroatoms. The molecule has 0 unspecified atom stereocenters. The maximum Gasteiger partial charge on any atom is 0.410 e. The minimum atomic E-state index is -0.882. The third-order valence-corrected chi connectivity index (χ3v) is 3.23. The fourth-order valence-electron chi connectivity index (χ4n) is 2.15. The number of rotatable bonds is 3. The van der Waals surface area contributed by atoms with Crippen LogP contribution in [0.3, 0.4) is 0 Å². The molecule has 1 amide bonds. The van der Waals surface area contributed by atoms with Gasteiger partial charge in [-0.1, -0.05) is 0 Å². The second-order valence-corrected chi connectivity index (χ2v) is 5.93. The van der Waals surface area contributed by atoms with Gasteiger partial charge < -0.3 is 19.5 Å². The third-order valence-electron chi connectivity index (χ3n) is 3.23. The van der Waals surface area contributed by atoms with Crippen molar-refractivity contribution in [2.24, 2.45) is 0 Å². The van der Waals surface area contributed by atoms with E-state index in [1.807, 2.05) is 20.8 Å². The Morgan fingerprint density at radius 2 is 1.79 bits per heavy atom. The van der Waals surface area contributed by atoms with E-state index < -0.39 is 17.2 Å². The van der Waals surface area contributed by atoms with Crippen LogP contribution >= 0.6 is 0 Å². The Labute approximate surface area is 113 Å². The van der Waals surface area contributed by atoms with Gasteiger partial charge in [0.25, 0.3) is 0 Å². The lowest BCUT2D eigenvalue weighted by Gasteiger charge is -2.40. The van der Waals surface area contributed by atoms with Crippen LogP contribution in [0.15, 0.2) is 0 Å². The number of piperidine rings is 1. The lowest BCUT2D eigenvalue weighted by atomic mass is 9.88. The van der Waals surface area contributed by atoms with Crippen LogP contribution < -0.4 is 0 Å². The number of hydrogen-bond donors (Lipinski definition) is 1. The van der Waals surface area contributed by atoms with Crippen molar-refractivity contribution in [3.63, 3.8) is 0 Å². The number of carboxylic acid groups (broad SMARTS) is 1. The minimum Gasteiger partial charge on any atom is -0.481 e. The molecule has 110 valence electrons. The maximum absolute atomic E-state index is 11.9. The number of hydrogen-bond acceptors (Lipinski definition) is 4. The van der Waals surface area contributed by atoms with Gasteiger partial charge in [0, 0.05) is 20.2 Å². The second-order valence-electron chi connectivity index (χ2n) is 5.93. The smallest absolute Gasteiger partial charge is 0.410 e. The highest BCUT2D eigenvalue weighted by atomic mass is 16.6. The Kier molecular flexibility index (Phi) is 4.79. The van der Waals surface area contributed by atoms with Crippen LogP contribution in [0.5, 0.6) is 0 Å². The summed E-state index contributed by atoms with van der Waals surface area (Å²) in [6.07, 6.45) is 0.628. The van der Waals surface area contributed by atoms with Crippen molar-refractivity contribution in [2.75, 3.05) is 20.2 Å². The average Bonchev–Trinajstić information content (AvgIpc) is 2.26. The summed E-state index contributed by atoms with van der Waals surface area (Å²) in [5.41, 5.74) is -1.18. The molecule has 0 aliphatic carbocycles. The summed E-state index contributed by atoms with van der Waals surface area (Å²) in [4.78, 5) is 24.3. The molecule has 0 aromatic carbocycles. The predicted molar refractivity (Wildman–Crippen MR) is 69.0 cm³/mol. The number of carboxylic acids is 1. The number of carbonyl (C=O) groups is 2. The van der Waals surface area contributed by atoms with Crippen molar-refractivity contribution in [1.82, 2.24) is 4.90 Å². The van der Waals surface area contributed by atoms with Crippen LogP contribution in [0.2, 0.25) is 0 Å². The van der Waals surface area contributed by atoms with E-state index in [0.717, 1.165) is 0 Å². The van der Waals surface area contributed by atoms with Crippen molar-refractivity contribution in [3.05, 3.63) is 0 Å². The van der Waals surface area contributed by atoms with Crippen LogP contribution in [0.25, 0.3) is 0 Å². The van der Waals surface area contributed by atoms with E-state index in [9.17, 15) is 9.59 Å². The minimum absolute atomic E-state index is 0.0361. The molecular weight excluding hydrogens is 250 g/mol. The number of aliphatic carboxylic acids is 1. The Balaban J connectivity index is 2.56. The van der Waals surface area contributed by atoms with Gasteiger partial charge in [0.2, 0.25) is 0 Å². The van der Waals surface area contributed by atoms with E-state index in [2.05, 4.69) is 0 Å². The molecular formula is C13H23NO5. The molecule has 1 N–H and O–H groups in total. The molecule has 0 aromatic heterocycles. The number of nitrogens with zero attached hydrogens (tertiary/aromatic N) is 1. The molecule has 19 heavy (non-hydrogen) atoms. The highest BCUT2D eigenvalue weighted by Gasteiger charge is 2.38. The summed E-state index contributed by atoms with van der Waals surface area (Å²) in [5.74, 6) is -0.882. The zero-order valence-electron chi connectivity index (χ0n) is 12.1. The van der Waals surface area contributed by atoms with E-state index in [1.165, 1.54) is 7.11 Å². The Morgan fingerprint density at radius 1 is 1.26 bits per heavy atom. The lowest BCUT2D eigenvalue weighted by Crippen LogP contribution is -2.49. The van der Waals surface area contributed by atoms with Gasteiger partial charge in [0.05, 0.1) is 12.0 Å². The third kappa shape index (κ3) is 4.70. The lowest BCUT2D eigenvalue weighted by molar-refractivity contribution is -0.146. The molecule has 1 heterocycles. The topological polar surface area (TPSA) is 76.1 Å². The summed E-state index contributed by atoms with van der Waals surface area (Å²) < 4.78 is 10.6. The van der Waals surface area contributed by atoms with Crippen LogP contribution in [-0.2, 0) is 14.3 Å². The van der Waals surface area contributed by atoms with Crippen molar-refractivity contribution < 1.29 is 24.2 Å². The monoisotopic (exact) mass is 273 g/mol. The van der Waals surface area contributed by atoms with Crippen LogP contribution in [-0.4, -0.2) is 53.5 Å². The Bertz CT molecular complexity index is 339. The second kappa shape index (κ2) is 5.77. The first-order valence-corrected chi connectivity index (χ1v) is 6.42. The van der Waals surface area contributed by atoms with Gasteiger partial charge in [-0.25, -0.2) is 4.79 Å². The van der Waals surface area contributed by atoms with Gasteiger partial charge >= 0.3 is 12.1 Å². The fraction of sp³-hybridized carbons (Fsp3) is 0.846. The number of methoxy groups -OCH3 is 1. The summed E-state index contributed by atoms with van der Waals surface area (Å²) in [5, 5.41) is 8.90. The van der Waals surface area contributed by atoms with E-state index in [-0.39, 0.29) is 12.5 Å². The van der Waals surface area contributed by atoms with Gasteiger partial charge in [0.15, 0.2) is 0 Å². The zero-order chi connectivity index (χ0) is 14.7. The largest absolute Gasteiger partial charge is 0.481 e. The number of ether oxygens (including phenoxy) is 2. The van der Waals surface area contributed by atoms with Crippen LogP contribution in [0, 0.1) is 0 Å². The summed E-state index contributed by atoms with van der Waals surface area (Å²) in [6, 6.07) is 0. The predicted octanol–water partition coefficient (Wildman–Crippen LogP) is 1.88. The molecule has 6 nitrogen and oxygen atoms in total. The quantitative estimate of drug-likeness (QED) is 0.849. The first-order chi connectivity index (χ1) is 8.67. The molecule has 0 atom stereocenters. The fourth-order valence-corrected chi connectivity index (χ4v) is 2.15. The SMILES string of the molecule is COC1(CC(=O)O)CCN(C(=O)OC(C)(C)C)CC1. The zero-order valence-corrected chi connectivity index (χ0v) is 12.1. The van der Waals surface area contributed by atoms with E-state index >= 15 is 0 Å². The standard InChI is InChI=1S/C13H23NO5/c1-12(2,3)19-11(17)14-7-5-13(18-4,6-8-14)9-10(15)16/h5-9H2,1-4H3,(H,15,16). The van der Waals surface area contributed by atoms with Gasteiger partial charge in [0.1, 0.15) is 5.60 Å². The van der Waals surface area contributed by atoms with E-state index in [4.69, 9.17) is 14.6 Å². The average molecular weight is 273 g/mol. The maximum atomic E-state index is 11.9. The van der Waals surface area contributed by atoms with Gasteiger partial charge in [-0.15, -0.1) is 0 Å².